The molecule has 0 unspecified atom stereocenters. The number of nitrogens with zero attached hydrogens (tertiary/aromatic N) is 3. The summed E-state index contributed by atoms with van der Waals surface area (Å²) in [5.74, 6) is 0.499. The lowest BCUT2D eigenvalue weighted by molar-refractivity contribution is -0.126. The Morgan fingerprint density at radius 1 is 1.13 bits per heavy atom. The Balaban J connectivity index is 1.42. The molecule has 1 N–H and O–H groups in total. The zero-order valence-corrected chi connectivity index (χ0v) is 20.0. The van der Waals surface area contributed by atoms with Crippen LogP contribution in [0, 0.1) is 25.7 Å². The van der Waals surface area contributed by atoms with Gasteiger partial charge in [-0.2, -0.15) is 4.31 Å². The maximum Gasteiger partial charge on any atom is 0.248 e. The van der Waals surface area contributed by atoms with Crippen LogP contribution in [0.1, 0.15) is 63.3 Å². The summed E-state index contributed by atoms with van der Waals surface area (Å²) in [5.41, 5.74) is 0.396. The quantitative estimate of drug-likeness (QED) is 0.607. The largest absolute Gasteiger partial charge is 0.360 e. The standard InChI is InChI=1S/C22H38N4O4S/c1-17(22(27)23-11-8-14-25-12-6-4-5-7-13-25)20-9-15-26(16-10-20)31(28,29)21-18(2)24-30-19(21)3/h17,20H,4-16H2,1-3H3,(H,23,27)/t17-/m0/s1. The van der Waals surface area contributed by atoms with E-state index in [1.165, 1.54) is 43.1 Å². The van der Waals surface area contributed by atoms with Crippen LogP contribution in [0.25, 0.3) is 0 Å². The van der Waals surface area contributed by atoms with Crippen molar-refractivity contribution < 1.29 is 17.7 Å². The fourth-order valence-corrected chi connectivity index (χ4v) is 6.60. The van der Waals surface area contributed by atoms with Crippen LogP contribution in [-0.2, 0) is 14.8 Å². The van der Waals surface area contributed by atoms with Crippen molar-refractivity contribution >= 4 is 15.9 Å². The lowest BCUT2D eigenvalue weighted by atomic mass is 9.85. The topological polar surface area (TPSA) is 95.8 Å². The van der Waals surface area contributed by atoms with Gasteiger partial charge in [-0.1, -0.05) is 24.9 Å². The van der Waals surface area contributed by atoms with Crippen molar-refractivity contribution in [1.82, 2.24) is 19.7 Å². The van der Waals surface area contributed by atoms with Gasteiger partial charge in [0, 0.05) is 25.6 Å². The van der Waals surface area contributed by atoms with Gasteiger partial charge in [0.2, 0.25) is 15.9 Å². The number of likely N-dealkylation sites (tertiary alicyclic amines) is 1. The lowest BCUT2D eigenvalue weighted by Gasteiger charge is -2.33. The number of hydrogen-bond acceptors (Lipinski definition) is 6. The second kappa shape index (κ2) is 10.9. The van der Waals surface area contributed by atoms with Gasteiger partial charge in [0.25, 0.3) is 0 Å². The smallest absolute Gasteiger partial charge is 0.248 e. The van der Waals surface area contributed by atoms with E-state index in [4.69, 9.17) is 4.52 Å². The van der Waals surface area contributed by atoms with Crippen molar-refractivity contribution in [3.8, 4) is 0 Å². The van der Waals surface area contributed by atoms with Crippen LogP contribution < -0.4 is 5.32 Å². The molecule has 0 spiro atoms. The van der Waals surface area contributed by atoms with E-state index in [-0.39, 0.29) is 22.6 Å². The Hall–Kier alpha value is -1.45. The molecule has 2 aliphatic rings. The molecule has 176 valence electrons. The summed E-state index contributed by atoms with van der Waals surface area (Å²) in [7, 11) is -3.61. The zero-order valence-electron chi connectivity index (χ0n) is 19.2. The van der Waals surface area contributed by atoms with Crippen molar-refractivity contribution in [3.05, 3.63) is 11.5 Å². The van der Waals surface area contributed by atoms with Crippen molar-refractivity contribution in [1.29, 1.82) is 0 Å². The number of amides is 1. The van der Waals surface area contributed by atoms with Crippen molar-refractivity contribution in [2.45, 2.75) is 70.6 Å². The lowest BCUT2D eigenvalue weighted by Crippen LogP contribution is -2.43. The molecule has 2 fully saturated rings. The molecule has 9 heteroatoms. The minimum Gasteiger partial charge on any atom is -0.360 e. The molecule has 0 radical (unpaired) electrons. The molecule has 1 aromatic rings. The van der Waals surface area contributed by atoms with Crippen molar-refractivity contribution in [2.24, 2.45) is 11.8 Å². The summed E-state index contributed by atoms with van der Waals surface area (Å²) < 4.78 is 32.5. The van der Waals surface area contributed by atoms with Crippen LogP contribution >= 0.6 is 0 Å². The first-order valence-corrected chi connectivity index (χ1v) is 13.2. The Kier molecular flexibility index (Phi) is 8.52. The molecule has 0 saturated carbocycles. The molecule has 2 saturated heterocycles. The van der Waals surface area contributed by atoms with E-state index in [1.807, 2.05) is 6.92 Å². The zero-order chi connectivity index (χ0) is 22.4. The average molecular weight is 455 g/mol. The predicted octanol–water partition coefficient (Wildman–Crippen LogP) is 2.71. The van der Waals surface area contributed by atoms with Crippen LogP contribution in [0.3, 0.4) is 0 Å². The van der Waals surface area contributed by atoms with Gasteiger partial charge in [0.1, 0.15) is 10.6 Å². The predicted molar refractivity (Wildman–Crippen MR) is 119 cm³/mol. The molecular formula is C22H38N4O4S. The van der Waals surface area contributed by atoms with Crippen LogP contribution in [-0.4, -0.2) is 68.0 Å². The molecule has 3 heterocycles. The highest BCUT2D eigenvalue weighted by molar-refractivity contribution is 7.89. The first-order valence-electron chi connectivity index (χ1n) is 11.7. The summed E-state index contributed by atoms with van der Waals surface area (Å²) in [6.45, 7) is 10.2. The number of nitrogens with one attached hydrogen (secondary N) is 1. The minimum atomic E-state index is -3.61. The molecule has 1 aromatic heterocycles. The molecule has 1 atom stereocenters. The normalized spacial score (nSPS) is 21.0. The highest BCUT2D eigenvalue weighted by atomic mass is 32.2. The number of piperidine rings is 1. The van der Waals surface area contributed by atoms with Crippen LogP contribution in [0.15, 0.2) is 9.42 Å². The van der Waals surface area contributed by atoms with E-state index >= 15 is 0 Å². The van der Waals surface area contributed by atoms with Gasteiger partial charge in [-0.15, -0.1) is 0 Å². The summed E-state index contributed by atoms with van der Waals surface area (Å²) in [6.07, 6.45) is 7.59. The average Bonchev–Trinajstić information content (AvgIpc) is 2.94. The van der Waals surface area contributed by atoms with Gasteiger partial charge < -0.3 is 14.7 Å². The Labute approximate surface area is 186 Å². The minimum absolute atomic E-state index is 0.0860. The number of aromatic nitrogens is 1. The van der Waals surface area contributed by atoms with Crippen LogP contribution in [0.4, 0.5) is 0 Å². The van der Waals surface area contributed by atoms with Gasteiger partial charge in [-0.25, -0.2) is 8.42 Å². The van der Waals surface area contributed by atoms with Gasteiger partial charge in [-0.3, -0.25) is 4.79 Å². The summed E-state index contributed by atoms with van der Waals surface area (Å²) in [5, 5.41) is 6.87. The molecule has 0 bridgehead atoms. The molecule has 1 amide bonds. The number of aryl methyl sites for hydroxylation is 2. The first-order chi connectivity index (χ1) is 14.8. The van der Waals surface area contributed by atoms with E-state index in [2.05, 4.69) is 15.4 Å². The fraction of sp³-hybridized carbons (Fsp3) is 0.818. The second-order valence-corrected chi connectivity index (χ2v) is 11.0. The maximum absolute atomic E-state index is 13.0. The molecule has 8 nitrogen and oxygen atoms in total. The van der Waals surface area contributed by atoms with Crippen molar-refractivity contribution in [2.75, 3.05) is 39.3 Å². The van der Waals surface area contributed by atoms with Gasteiger partial charge >= 0.3 is 0 Å². The van der Waals surface area contributed by atoms with Gasteiger partial charge in [-0.05, 0) is 71.5 Å². The van der Waals surface area contributed by atoms with E-state index in [1.54, 1.807) is 13.8 Å². The molecule has 31 heavy (non-hydrogen) atoms. The van der Waals surface area contributed by atoms with E-state index in [0.29, 0.717) is 43.9 Å². The van der Waals surface area contributed by atoms with Gasteiger partial charge in [0.05, 0.1) is 0 Å². The molecule has 0 aliphatic carbocycles. The number of rotatable bonds is 8. The summed E-state index contributed by atoms with van der Waals surface area (Å²) in [4.78, 5) is 15.3. The highest BCUT2D eigenvalue weighted by Gasteiger charge is 2.36. The highest BCUT2D eigenvalue weighted by Crippen LogP contribution is 2.30. The fourth-order valence-electron chi connectivity index (χ4n) is 4.84. The second-order valence-electron chi connectivity index (χ2n) is 9.08. The van der Waals surface area contributed by atoms with E-state index < -0.39 is 10.0 Å². The van der Waals surface area contributed by atoms with Crippen LogP contribution in [0.5, 0.6) is 0 Å². The van der Waals surface area contributed by atoms with Crippen LogP contribution in [0.2, 0.25) is 0 Å². The number of sulfonamides is 1. The SMILES string of the molecule is Cc1noc(C)c1S(=O)(=O)N1CCC([C@H](C)C(=O)NCCCN2CCCCCC2)CC1. The number of hydrogen-bond donors (Lipinski definition) is 1. The Bertz CT molecular complexity index is 803. The summed E-state index contributed by atoms with van der Waals surface area (Å²) in [6, 6.07) is 0. The van der Waals surface area contributed by atoms with Gasteiger partial charge in [0.15, 0.2) is 5.76 Å². The Morgan fingerprint density at radius 3 is 2.35 bits per heavy atom. The Morgan fingerprint density at radius 2 is 1.77 bits per heavy atom. The summed E-state index contributed by atoms with van der Waals surface area (Å²) >= 11 is 0. The first kappa shape index (κ1) is 24.2. The number of carbonyl (C=O) groups is 1. The third kappa shape index (κ3) is 6.08. The van der Waals surface area contributed by atoms with Crippen molar-refractivity contribution in [3.63, 3.8) is 0 Å². The van der Waals surface area contributed by atoms with E-state index in [9.17, 15) is 13.2 Å². The van der Waals surface area contributed by atoms with E-state index in [0.717, 1.165) is 13.0 Å². The molecular weight excluding hydrogens is 416 g/mol. The maximum atomic E-state index is 13.0. The third-order valence-electron chi connectivity index (χ3n) is 6.83. The number of carbonyl (C=O) groups excluding carboxylic acids is 1. The molecule has 2 aliphatic heterocycles. The molecule has 3 rings (SSSR count). The third-order valence-corrected chi connectivity index (χ3v) is 8.98. The molecule has 0 aromatic carbocycles. The monoisotopic (exact) mass is 454 g/mol.